The normalized spacial score (nSPS) is 12.2. The minimum absolute atomic E-state index is 0. The van der Waals surface area contributed by atoms with E-state index < -0.39 is 8.16 Å². The van der Waals surface area contributed by atoms with Crippen LogP contribution < -0.4 is 9.54 Å². The molecule has 0 unspecified atom stereocenters. The number of benzene rings is 1. The molecular formula is C11H15ClF6N5OP. The molecule has 25 heavy (non-hydrogen) atoms. The molecule has 0 N–H and O–H groups in total. The Kier molecular flexibility index (Phi) is 7.46. The molecule has 2 aromatic rings. The van der Waals surface area contributed by atoms with Crippen molar-refractivity contribution in [3.05, 3.63) is 23.2 Å². The molecule has 144 valence electrons. The molecule has 1 aromatic carbocycles. The van der Waals surface area contributed by atoms with Gasteiger partial charge in [0.2, 0.25) is 0 Å². The van der Waals surface area contributed by atoms with Gasteiger partial charge in [-0.3, -0.25) is 4.84 Å². The number of aromatic nitrogens is 3. The molecule has 1 heterocycles. The third-order valence-electron chi connectivity index (χ3n) is 2.31. The van der Waals surface area contributed by atoms with Crippen LogP contribution in [0.5, 0.6) is 0 Å². The molecule has 0 atom stereocenters. The zero-order valence-electron chi connectivity index (χ0n) is 13.5. The summed E-state index contributed by atoms with van der Waals surface area (Å²) in [7, 11) is -0.973. The summed E-state index contributed by atoms with van der Waals surface area (Å²) in [6.45, 7) is 0. The van der Waals surface area contributed by atoms with Crippen LogP contribution in [0.4, 0.5) is 21.0 Å². The van der Waals surface area contributed by atoms with Crippen LogP contribution in [0, 0.1) is 0 Å². The Balaban J connectivity index is 0.000000715. The molecule has 0 saturated carbocycles. The van der Waals surface area contributed by atoms with E-state index in [-0.39, 0.29) is 4.70 Å². The van der Waals surface area contributed by atoms with Crippen LogP contribution in [0.15, 0.2) is 18.2 Å². The first-order chi connectivity index (χ1) is 10.7. The van der Waals surface area contributed by atoms with E-state index in [0.717, 1.165) is 5.52 Å². The summed E-state index contributed by atoms with van der Waals surface area (Å²) in [5, 5.41) is 8.58. The molecule has 0 fully saturated rings. The molecule has 0 amide bonds. The van der Waals surface area contributed by atoms with E-state index in [1.165, 1.54) is 4.85 Å². The smallest absolute Gasteiger partial charge is 1.00 e. The van der Waals surface area contributed by atoms with Gasteiger partial charge in [-0.15, -0.1) is 5.10 Å². The second kappa shape index (κ2) is 8.05. The maximum absolute atomic E-state index is 9.84. The van der Waals surface area contributed by atoms with Crippen molar-refractivity contribution in [2.24, 2.45) is 0 Å². The predicted octanol–water partition coefficient (Wildman–Crippen LogP) is 0.669. The number of hydrogen-bond donors (Lipinski definition) is 0. The van der Waals surface area contributed by atoms with Crippen molar-refractivity contribution < 1.29 is 35.1 Å². The van der Waals surface area contributed by atoms with E-state index in [0.29, 0.717) is 16.6 Å². The van der Waals surface area contributed by atoms with Gasteiger partial charge in [-0.25, -0.2) is 9.48 Å². The Morgan fingerprint density at radius 3 is 2.16 bits per heavy atom. The van der Waals surface area contributed by atoms with Crippen molar-refractivity contribution in [2.45, 2.75) is 0 Å². The summed E-state index contributed by atoms with van der Waals surface area (Å²) < 4.78 is 51.0. The second-order valence-electron chi connectivity index (χ2n) is 4.90. The Morgan fingerprint density at radius 2 is 1.72 bits per heavy atom. The van der Waals surface area contributed by atoms with Crippen LogP contribution in [0.25, 0.3) is 11.0 Å². The fourth-order valence-corrected chi connectivity index (χ4v) is 1.75. The third kappa shape index (κ3) is 8.73. The van der Waals surface area contributed by atoms with Crippen LogP contribution in [-0.2, 0) is 0 Å². The van der Waals surface area contributed by atoms with Crippen LogP contribution in [0.2, 0.25) is 5.02 Å². The van der Waals surface area contributed by atoms with Gasteiger partial charge >= 0.3 is 35.2 Å². The average molecular weight is 414 g/mol. The van der Waals surface area contributed by atoms with Crippen molar-refractivity contribution in [2.75, 3.05) is 28.2 Å². The molecule has 0 bridgehead atoms. The molecule has 0 aliphatic heterocycles. The van der Waals surface area contributed by atoms with Crippen LogP contribution >= 0.6 is 19.8 Å². The zero-order chi connectivity index (χ0) is 18.7. The van der Waals surface area contributed by atoms with Crippen molar-refractivity contribution in [3.63, 3.8) is 0 Å². The third-order valence-corrected chi connectivity index (χ3v) is 2.55. The molecule has 0 saturated heterocycles. The van der Waals surface area contributed by atoms with E-state index >= 15 is 0 Å². The van der Waals surface area contributed by atoms with Gasteiger partial charge in [-0.2, -0.15) is 0 Å². The van der Waals surface area contributed by atoms with E-state index in [2.05, 4.69) is 10.3 Å². The number of nitrogens with zero attached hydrogens (tertiary/aromatic N) is 5. The summed E-state index contributed by atoms with van der Waals surface area (Å²) in [5.41, 5.74) is 1.46. The number of amidine groups is 1. The van der Waals surface area contributed by atoms with Crippen molar-refractivity contribution in [3.8, 4) is 0 Å². The fraction of sp³-hybridized carbons (Fsp3) is 0.364. The van der Waals surface area contributed by atoms with Crippen molar-refractivity contribution in [1.29, 1.82) is 0 Å². The summed E-state index contributed by atoms with van der Waals surface area (Å²) >= 11 is 5.90. The van der Waals surface area contributed by atoms with Gasteiger partial charge in [0, 0.05) is 5.02 Å². The SMILES string of the molecule is CN(C)C(On1nnc2cc(Cl)ccc21)=[N+](C)C.FP(F)(F)(F)F.[F-]. The molecule has 0 radical (unpaired) electrons. The van der Waals surface area contributed by atoms with E-state index in [1.807, 2.05) is 43.7 Å². The number of fused-ring (bicyclic) bond motifs is 1. The molecule has 0 aliphatic rings. The van der Waals surface area contributed by atoms with Gasteiger partial charge < -0.3 is 4.70 Å². The molecule has 2 rings (SSSR count). The molecule has 6 nitrogen and oxygen atoms in total. The summed E-state index contributed by atoms with van der Waals surface area (Å²) in [5.74, 6) is 0. The number of halogens is 7. The van der Waals surface area contributed by atoms with Crippen LogP contribution in [0.3, 0.4) is 0 Å². The van der Waals surface area contributed by atoms with Crippen LogP contribution in [-0.4, -0.2) is 58.8 Å². The molecular weight excluding hydrogens is 399 g/mol. The molecule has 1 aromatic heterocycles. The van der Waals surface area contributed by atoms with Crippen molar-refractivity contribution in [1.82, 2.24) is 20.1 Å². The predicted molar refractivity (Wildman–Crippen MR) is 82.4 cm³/mol. The van der Waals surface area contributed by atoms with Gasteiger partial charge in [0.1, 0.15) is 11.0 Å². The minimum Gasteiger partial charge on any atom is -1.00 e. The quantitative estimate of drug-likeness (QED) is 0.227. The van der Waals surface area contributed by atoms with Crippen LogP contribution in [0.1, 0.15) is 0 Å². The van der Waals surface area contributed by atoms with Gasteiger partial charge in [0.25, 0.3) is 0 Å². The first kappa shape index (κ1) is 23.2. The van der Waals surface area contributed by atoms with E-state index in [1.54, 1.807) is 12.1 Å². The van der Waals surface area contributed by atoms with Crippen molar-refractivity contribution >= 4 is 36.8 Å². The Bertz CT molecular complexity index is 739. The van der Waals surface area contributed by atoms with Gasteiger partial charge in [0.05, 0.1) is 28.2 Å². The Morgan fingerprint density at radius 1 is 1.20 bits per heavy atom. The maximum Gasteiger partial charge on any atom is -1.00 e. The first-order valence-corrected chi connectivity index (χ1v) is 8.31. The minimum atomic E-state index is -8.55. The second-order valence-corrected chi connectivity index (χ2v) is 6.61. The average Bonchev–Trinajstić information content (AvgIpc) is 2.74. The summed E-state index contributed by atoms with van der Waals surface area (Å²) in [6, 6.07) is 5.99. The van der Waals surface area contributed by atoms with Gasteiger partial charge in [0.15, 0.2) is 0 Å². The zero-order valence-corrected chi connectivity index (χ0v) is 15.1. The first-order valence-electron chi connectivity index (χ1n) is 6.24. The van der Waals surface area contributed by atoms with Gasteiger partial charge in [-0.1, -0.05) is 16.4 Å². The number of rotatable bonds is 1. The number of hydrogen-bond acceptors (Lipinski definition) is 3. The Labute approximate surface area is 144 Å². The molecule has 0 aliphatic carbocycles. The Hall–Kier alpha value is -1.81. The largest absolute Gasteiger partial charge is 1.00 e. The maximum atomic E-state index is 9.84. The topological polar surface area (TPSA) is 46.2 Å². The molecule has 0 spiro atoms. The van der Waals surface area contributed by atoms with E-state index in [9.17, 15) is 21.0 Å². The fourth-order valence-electron chi connectivity index (χ4n) is 1.58. The summed E-state index contributed by atoms with van der Waals surface area (Å²) in [4.78, 5) is 8.93. The van der Waals surface area contributed by atoms with E-state index in [4.69, 9.17) is 16.4 Å². The molecule has 14 heteroatoms. The standard InChI is InChI=1S/C11H15ClN5O.F5P.FH/c1-15(2)11(16(3)4)18-17-10-6-5-8(12)7-9(10)13-14-17;1-6(2,3,4)5;/h5-7H,1-4H3;;1H/q+1;;/p-1. The summed E-state index contributed by atoms with van der Waals surface area (Å²) in [6.07, 6.45) is 0. The monoisotopic (exact) mass is 413 g/mol. The van der Waals surface area contributed by atoms with Gasteiger partial charge in [-0.05, 0) is 23.4 Å².